The molecule has 0 bridgehead atoms. The van der Waals surface area contributed by atoms with E-state index in [1.807, 2.05) is 32.0 Å². The van der Waals surface area contributed by atoms with Gasteiger partial charge in [-0.1, -0.05) is 16.8 Å². The van der Waals surface area contributed by atoms with Crippen LogP contribution in [0.2, 0.25) is 5.02 Å². The monoisotopic (exact) mass is 315 g/mol. The lowest BCUT2D eigenvalue weighted by Crippen LogP contribution is -2.11. The zero-order chi connectivity index (χ0) is 15.5. The third-order valence-electron chi connectivity index (χ3n) is 2.85. The quantitative estimate of drug-likeness (QED) is 0.791. The Morgan fingerprint density at radius 2 is 1.82 bits per heavy atom. The van der Waals surface area contributed by atoms with E-state index in [0.29, 0.717) is 34.3 Å². The first-order chi connectivity index (χ1) is 10.6. The maximum Gasteiger partial charge on any atom is 0.278 e. The van der Waals surface area contributed by atoms with Gasteiger partial charge in [0.1, 0.15) is 5.82 Å². The second-order valence-electron chi connectivity index (χ2n) is 5.03. The van der Waals surface area contributed by atoms with Crippen LogP contribution in [-0.2, 0) is 0 Å². The fourth-order valence-corrected chi connectivity index (χ4v) is 1.99. The summed E-state index contributed by atoms with van der Waals surface area (Å²) in [5.74, 6) is 1.52. The molecule has 0 saturated heterocycles. The number of nitrogens with one attached hydrogen (secondary N) is 1. The molecule has 0 radical (unpaired) electrons. The predicted molar refractivity (Wildman–Crippen MR) is 84.5 cm³/mol. The first-order valence-corrected chi connectivity index (χ1v) is 7.20. The summed E-state index contributed by atoms with van der Waals surface area (Å²) >= 11 is 5.86. The second-order valence-corrected chi connectivity index (χ2v) is 5.47. The topological polar surface area (TPSA) is 76.7 Å². The van der Waals surface area contributed by atoms with E-state index in [4.69, 9.17) is 16.1 Å². The smallest absolute Gasteiger partial charge is 0.278 e. The molecule has 0 aliphatic rings. The number of aromatic nitrogens is 4. The highest BCUT2D eigenvalue weighted by atomic mass is 35.5. The molecule has 7 heteroatoms. The molecule has 0 aliphatic heterocycles. The van der Waals surface area contributed by atoms with Crippen molar-refractivity contribution in [3.05, 3.63) is 41.4 Å². The highest BCUT2D eigenvalue weighted by Gasteiger charge is 2.12. The molecule has 2 aromatic heterocycles. The molecule has 0 spiro atoms. The lowest BCUT2D eigenvalue weighted by Gasteiger charge is -2.07. The molecule has 0 fully saturated rings. The predicted octanol–water partition coefficient (Wildman–Crippen LogP) is 3.67. The van der Waals surface area contributed by atoms with Crippen molar-refractivity contribution < 1.29 is 4.52 Å². The average Bonchev–Trinajstić information content (AvgIpc) is 2.98. The molecule has 112 valence electrons. The number of nitrogens with zero attached hydrogens (tertiary/aromatic N) is 4. The summed E-state index contributed by atoms with van der Waals surface area (Å²) in [5.41, 5.74) is 1.35. The molecule has 0 aliphatic carbocycles. The SMILES string of the molecule is CC(C)Nc1ccc(-c2nc(-c3ccc(Cl)cc3)no2)nn1. The molecule has 3 aromatic rings. The van der Waals surface area contributed by atoms with Crippen LogP contribution in [0.25, 0.3) is 23.0 Å². The largest absolute Gasteiger partial charge is 0.366 e. The Kier molecular flexibility index (Phi) is 4.02. The molecular formula is C15H14ClN5O. The normalized spacial score (nSPS) is 10.9. The van der Waals surface area contributed by atoms with Crippen molar-refractivity contribution >= 4 is 17.4 Å². The van der Waals surface area contributed by atoms with Gasteiger partial charge in [-0.15, -0.1) is 10.2 Å². The van der Waals surface area contributed by atoms with Crippen molar-refractivity contribution in [1.29, 1.82) is 0 Å². The van der Waals surface area contributed by atoms with Crippen molar-refractivity contribution in [1.82, 2.24) is 20.3 Å². The van der Waals surface area contributed by atoms with Gasteiger partial charge in [0.2, 0.25) is 5.82 Å². The summed E-state index contributed by atoms with van der Waals surface area (Å²) in [7, 11) is 0. The van der Waals surface area contributed by atoms with Crippen LogP contribution in [0.4, 0.5) is 5.82 Å². The van der Waals surface area contributed by atoms with Crippen LogP contribution in [0.1, 0.15) is 13.8 Å². The van der Waals surface area contributed by atoms with E-state index in [9.17, 15) is 0 Å². The Morgan fingerprint density at radius 3 is 2.45 bits per heavy atom. The molecule has 0 saturated carbocycles. The molecule has 2 heterocycles. The van der Waals surface area contributed by atoms with Gasteiger partial charge in [0.05, 0.1) is 0 Å². The first kappa shape index (κ1) is 14.5. The van der Waals surface area contributed by atoms with Gasteiger partial charge >= 0.3 is 0 Å². The Labute approximate surface area is 132 Å². The van der Waals surface area contributed by atoms with E-state index in [1.165, 1.54) is 0 Å². The number of hydrogen-bond donors (Lipinski definition) is 1. The highest BCUT2D eigenvalue weighted by molar-refractivity contribution is 6.30. The number of anilines is 1. The third kappa shape index (κ3) is 3.23. The molecule has 0 amide bonds. The molecular weight excluding hydrogens is 302 g/mol. The molecule has 1 N–H and O–H groups in total. The van der Waals surface area contributed by atoms with Crippen molar-refractivity contribution in [3.8, 4) is 23.0 Å². The Balaban J connectivity index is 1.82. The van der Waals surface area contributed by atoms with Gasteiger partial charge in [0.25, 0.3) is 5.89 Å². The second kappa shape index (κ2) is 6.11. The van der Waals surface area contributed by atoms with Crippen LogP contribution in [0.3, 0.4) is 0 Å². The Bertz CT molecular complexity index is 752. The molecule has 1 aromatic carbocycles. The maximum absolute atomic E-state index is 5.86. The minimum absolute atomic E-state index is 0.292. The van der Waals surface area contributed by atoms with Crippen molar-refractivity contribution in [3.63, 3.8) is 0 Å². The van der Waals surface area contributed by atoms with E-state index in [1.54, 1.807) is 18.2 Å². The zero-order valence-electron chi connectivity index (χ0n) is 12.1. The molecule has 6 nitrogen and oxygen atoms in total. The fourth-order valence-electron chi connectivity index (χ4n) is 1.86. The van der Waals surface area contributed by atoms with Crippen LogP contribution in [-0.4, -0.2) is 26.4 Å². The number of halogens is 1. The summed E-state index contributed by atoms with van der Waals surface area (Å²) in [6.45, 7) is 4.07. The van der Waals surface area contributed by atoms with Crippen LogP contribution in [0, 0.1) is 0 Å². The van der Waals surface area contributed by atoms with E-state index < -0.39 is 0 Å². The van der Waals surface area contributed by atoms with E-state index >= 15 is 0 Å². The number of hydrogen-bond acceptors (Lipinski definition) is 6. The standard InChI is InChI=1S/C15H14ClN5O/c1-9(2)17-13-8-7-12(19-20-13)15-18-14(21-22-15)10-3-5-11(16)6-4-10/h3-9H,1-2H3,(H,17,20). The third-order valence-corrected chi connectivity index (χ3v) is 3.10. The Morgan fingerprint density at radius 1 is 1.05 bits per heavy atom. The van der Waals surface area contributed by atoms with E-state index in [-0.39, 0.29) is 0 Å². The molecule has 0 atom stereocenters. The summed E-state index contributed by atoms with van der Waals surface area (Å²) in [4.78, 5) is 4.33. The summed E-state index contributed by atoms with van der Waals surface area (Å²) in [5, 5.41) is 16.0. The zero-order valence-corrected chi connectivity index (χ0v) is 12.9. The van der Waals surface area contributed by atoms with Gasteiger partial charge in [-0.2, -0.15) is 4.98 Å². The number of rotatable bonds is 4. The van der Waals surface area contributed by atoms with Crippen LogP contribution < -0.4 is 5.32 Å². The van der Waals surface area contributed by atoms with E-state index in [0.717, 1.165) is 5.56 Å². The molecule has 0 unspecified atom stereocenters. The van der Waals surface area contributed by atoms with Crippen LogP contribution in [0.5, 0.6) is 0 Å². The summed E-state index contributed by atoms with van der Waals surface area (Å²) < 4.78 is 5.24. The van der Waals surface area contributed by atoms with Crippen LogP contribution in [0.15, 0.2) is 40.9 Å². The molecule has 3 rings (SSSR count). The first-order valence-electron chi connectivity index (χ1n) is 6.82. The Hall–Kier alpha value is -2.47. The van der Waals surface area contributed by atoms with Crippen molar-refractivity contribution in [2.75, 3.05) is 5.32 Å². The van der Waals surface area contributed by atoms with Gasteiger partial charge in [-0.05, 0) is 50.2 Å². The average molecular weight is 316 g/mol. The van der Waals surface area contributed by atoms with Gasteiger partial charge in [0, 0.05) is 16.6 Å². The van der Waals surface area contributed by atoms with Gasteiger partial charge in [-0.25, -0.2) is 0 Å². The van der Waals surface area contributed by atoms with Crippen molar-refractivity contribution in [2.24, 2.45) is 0 Å². The minimum atomic E-state index is 0.292. The van der Waals surface area contributed by atoms with Gasteiger partial charge < -0.3 is 9.84 Å². The summed E-state index contributed by atoms with van der Waals surface area (Å²) in [6, 6.07) is 11.1. The summed E-state index contributed by atoms with van der Waals surface area (Å²) in [6.07, 6.45) is 0. The maximum atomic E-state index is 5.86. The van der Waals surface area contributed by atoms with Crippen LogP contribution >= 0.6 is 11.6 Å². The lowest BCUT2D eigenvalue weighted by atomic mass is 10.2. The van der Waals surface area contributed by atoms with E-state index in [2.05, 4.69) is 25.7 Å². The molecule has 22 heavy (non-hydrogen) atoms. The van der Waals surface area contributed by atoms with Gasteiger partial charge in [0.15, 0.2) is 5.69 Å². The van der Waals surface area contributed by atoms with Gasteiger partial charge in [-0.3, -0.25) is 0 Å². The fraction of sp³-hybridized carbons (Fsp3) is 0.200. The number of benzene rings is 1. The highest BCUT2D eigenvalue weighted by Crippen LogP contribution is 2.22. The minimum Gasteiger partial charge on any atom is -0.366 e. The van der Waals surface area contributed by atoms with Crippen molar-refractivity contribution in [2.45, 2.75) is 19.9 Å². The lowest BCUT2D eigenvalue weighted by molar-refractivity contribution is 0.430.